The van der Waals surface area contributed by atoms with Crippen molar-refractivity contribution in [3.05, 3.63) is 34.9 Å². The summed E-state index contributed by atoms with van der Waals surface area (Å²) in [5, 5.41) is 11.5. The minimum absolute atomic E-state index is 0.282. The van der Waals surface area contributed by atoms with Crippen LogP contribution < -0.4 is 15.0 Å². The Labute approximate surface area is 212 Å². The van der Waals surface area contributed by atoms with Gasteiger partial charge in [0.2, 0.25) is 0 Å². The van der Waals surface area contributed by atoms with Crippen molar-refractivity contribution in [2.24, 2.45) is 0 Å². The fourth-order valence-electron chi connectivity index (χ4n) is 6.33. The molecule has 0 radical (unpaired) electrons. The van der Waals surface area contributed by atoms with Crippen molar-refractivity contribution < 1.29 is 14.2 Å². The molecule has 0 spiro atoms. The Morgan fingerprint density at radius 1 is 1.11 bits per heavy atom. The first-order valence-electron chi connectivity index (χ1n) is 13.2. The average molecular weight is 493 g/mol. The van der Waals surface area contributed by atoms with Gasteiger partial charge >= 0.3 is 6.01 Å². The number of aryl methyl sites for hydroxylation is 1. The highest BCUT2D eigenvalue weighted by molar-refractivity contribution is 5.88. The zero-order valence-corrected chi connectivity index (χ0v) is 21.2. The second-order valence-corrected chi connectivity index (χ2v) is 10.5. The molecule has 2 bridgehead atoms. The molecular formula is C27H36N6O3. The Balaban J connectivity index is 1.24. The molecule has 0 amide bonds. The lowest BCUT2D eigenvalue weighted by atomic mass is 9.85. The largest absolute Gasteiger partial charge is 0.467 e. The number of ether oxygens (including phenoxy) is 3. The Morgan fingerprint density at radius 2 is 1.97 bits per heavy atom. The van der Waals surface area contributed by atoms with Crippen molar-refractivity contribution >= 4 is 23.5 Å². The van der Waals surface area contributed by atoms with E-state index in [1.165, 1.54) is 17.3 Å². The van der Waals surface area contributed by atoms with Crippen LogP contribution in [0.15, 0.2) is 18.2 Å². The van der Waals surface area contributed by atoms with Gasteiger partial charge in [0.1, 0.15) is 11.6 Å². The minimum atomic E-state index is 0.282. The summed E-state index contributed by atoms with van der Waals surface area (Å²) in [5.74, 6) is 2.04. The number of aromatic nitrogens is 2. The van der Waals surface area contributed by atoms with E-state index in [4.69, 9.17) is 19.6 Å². The molecule has 3 atom stereocenters. The van der Waals surface area contributed by atoms with Crippen molar-refractivity contribution in [1.82, 2.24) is 14.9 Å². The molecule has 0 aliphatic carbocycles. The molecule has 2 N–H and O–H groups in total. The maximum absolute atomic E-state index is 8.03. The van der Waals surface area contributed by atoms with E-state index in [2.05, 4.69) is 44.1 Å². The number of hydrogen-bond donors (Lipinski definition) is 2. The van der Waals surface area contributed by atoms with Crippen LogP contribution in [-0.2, 0) is 9.47 Å². The number of nitrogens with zero attached hydrogens (tertiary/aromatic N) is 4. The molecule has 9 nitrogen and oxygen atoms in total. The molecular weight excluding hydrogens is 456 g/mol. The number of benzene rings is 1. The molecule has 9 heteroatoms. The lowest BCUT2D eigenvalue weighted by Gasteiger charge is -2.36. The van der Waals surface area contributed by atoms with Crippen LogP contribution in [0, 0.1) is 12.3 Å². The number of morpholine rings is 1. The van der Waals surface area contributed by atoms with Gasteiger partial charge in [0, 0.05) is 42.7 Å². The molecule has 3 unspecified atom stereocenters. The normalized spacial score (nSPS) is 26.5. The summed E-state index contributed by atoms with van der Waals surface area (Å²) < 4.78 is 16.8. The highest BCUT2D eigenvalue weighted by Gasteiger charge is 2.40. The molecule has 5 heterocycles. The molecule has 192 valence electrons. The van der Waals surface area contributed by atoms with Crippen molar-refractivity contribution in [3.63, 3.8) is 0 Å². The Kier molecular flexibility index (Phi) is 6.54. The van der Waals surface area contributed by atoms with Gasteiger partial charge < -0.3 is 29.8 Å². The maximum atomic E-state index is 8.03. The van der Waals surface area contributed by atoms with Gasteiger partial charge in [-0.2, -0.15) is 9.97 Å². The number of fused-ring (bicyclic) bond motifs is 2. The van der Waals surface area contributed by atoms with Crippen LogP contribution in [-0.4, -0.2) is 85.8 Å². The van der Waals surface area contributed by atoms with Crippen molar-refractivity contribution in [2.45, 2.75) is 56.7 Å². The Bertz CT molecular complexity index is 1110. The number of piperidine rings is 1. The van der Waals surface area contributed by atoms with Crippen LogP contribution in [0.5, 0.6) is 6.01 Å². The highest BCUT2D eigenvalue weighted by Crippen LogP contribution is 2.37. The van der Waals surface area contributed by atoms with Crippen LogP contribution in [0.1, 0.15) is 48.3 Å². The van der Waals surface area contributed by atoms with Gasteiger partial charge in [0.25, 0.3) is 0 Å². The number of hydrogen-bond acceptors (Lipinski definition) is 9. The first-order chi connectivity index (χ1) is 17.6. The van der Waals surface area contributed by atoms with Gasteiger partial charge in [0.05, 0.1) is 32.5 Å². The Hall–Kier alpha value is -2.75. The molecule has 0 saturated carbocycles. The molecule has 4 aliphatic rings. The molecule has 4 fully saturated rings. The van der Waals surface area contributed by atoms with E-state index in [1.54, 1.807) is 7.11 Å². The van der Waals surface area contributed by atoms with E-state index in [1.807, 2.05) is 6.07 Å². The number of methoxy groups -OCH3 is 1. The maximum Gasteiger partial charge on any atom is 0.320 e. The topological polar surface area (TPSA) is 95.8 Å². The van der Waals surface area contributed by atoms with E-state index >= 15 is 0 Å². The number of rotatable bonds is 7. The van der Waals surface area contributed by atoms with Gasteiger partial charge in [-0.05, 0) is 74.9 Å². The quantitative estimate of drug-likeness (QED) is 0.568. The molecule has 36 heavy (non-hydrogen) atoms. The van der Waals surface area contributed by atoms with Gasteiger partial charge in [0.15, 0.2) is 0 Å². The molecule has 1 aromatic carbocycles. The third kappa shape index (κ3) is 4.55. The van der Waals surface area contributed by atoms with Gasteiger partial charge in [-0.25, -0.2) is 0 Å². The Morgan fingerprint density at radius 3 is 2.64 bits per heavy atom. The lowest BCUT2D eigenvalue weighted by molar-refractivity contribution is 0.0988. The van der Waals surface area contributed by atoms with Gasteiger partial charge in [-0.1, -0.05) is 0 Å². The fraction of sp³-hybridized carbons (Fsp3) is 0.593. The van der Waals surface area contributed by atoms with Gasteiger partial charge in [-0.3, -0.25) is 4.90 Å². The summed E-state index contributed by atoms with van der Waals surface area (Å²) in [5.41, 5.74) is 4.36. The summed E-state index contributed by atoms with van der Waals surface area (Å²) in [4.78, 5) is 14.1. The van der Waals surface area contributed by atoms with Crippen molar-refractivity contribution in [2.75, 3.05) is 56.8 Å². The summed E-state index contributed by atoms with van der Waals surface area (Å²) in [6.07, 6.45) is 6.18. The van der Waals surface area contributed by atoms with E-state index in [-0.39, 0.29) is 6.10 Å². The minimum Gasteiger partial charge on any atom is -0.467 e. The average Bonchev–Trinajstić information content (AvgIpc) is 3.69. The van der Waals surface area contributed by atoms with Gasteiger partial charge in [-0.15, -0.1) is 0 Å². The molecule has 1 aromatic heterocycles. The molecule has 4 aliphatic heterocycles. The number of nitrogens with one attached hydrogen (secondary N) is 2. The second-order valence-electron chi connectivity index (χ2n) is 10.5. The molecule has 2 aromatic rings. The standard InChI is InChI=1S/C27H36N6O3/c1-17-9-19(13-28)24(11-23(17)18-3-6-32(7-4-18)20-5-8-35-15-20)29-25-12-26(31-27(30-25)34-2)33-14-22-10-21(33)16-36-22/h9,11-13,18,20-22,28H,3-8,10,14-16H2,1-2H3,(H,29,30,31). The first kappa shape index (κ1) is 23.6. The predicted octanol–water partition coefficient (Wildman–Crippen LogP) is 3.48. The predicted molar refractivity (Wildman–Crippen MR) is 139 cm³/mol. The fourth-order valence-corrected chi connectivity index (χ4v) is 6.33. The third-order valence-corrected chi connectivity index (χ3v) is 8.32. The van der Waals surface area contributed by atoms with E-state index in [0.717, 1.165) is 82.2 Å². The summed E-state index contributed by atoms with van der Waals surface area (Å²) >= 11 is 0. The summed E-state index contributed by atoms with van der Waals surface area (Å²) in [6.45, 7) is 7.75. The SMILES string of the molecule is COc1nc(Nc2cc(C3CCN(C4CCOC4)CC3)c(C)cc2C=N)cc(N2CC3CC2CO3)n1. The third-order valence-electron chi connectivity index (χ3n) is 8.32. The zero-order chi connectivity index (χ0) is 24.6. The smallest absolute Gasteiger partial charge is 0.320 e. The summed E-state index contributed by atoms with van der Waals surface area (Å²) in [6, 6.07) is 7.62. The van der Waals surface area contributed by atoms with Crippen LogP contribution in [0.3, 0.4) is 0 Å². The molecule has 4 saturated heterocycles. The monoisotopic (exact) mass is 492 g/mol. The molecule has 6 rings (SSSR count). The lowest BCUT2D eigenvalue weighted by Crippen LogP contribution is -2.41. The number of anilines is 3. The van der Waals surface area contributed by atoms with Crippen LogP contribution in [0.25, 0.3) is 0 Å². The van der Waals surface area contributed by atoms with E-state index in [9.17, 15) is 0 Å². The zero-order valence-electron chi connectivity index (χ0n) is 21.2. The van der Waals surface area contributed by atoms with Crippen LogP contribution >= 0.6 is 0 Å². The number of likely N-dealkylation sites (tertiary alicyclic amines) is 1. The van der Waals surface area contributed by atoms with E-state index < -0.39 is 0 Å². The summed E-state index contributed by atoms with van der Waals surface area (Å²) in [7, 11) is 1.60. The van der Waals surface area contributed by atoms with Crippen LogP contribution in [0.4, 0.5) is 17.3 Å². The second kappa shape index (κ2) is 9.95. The van der Waals surface area contributed by atoms with Crippen molar-refractivity contribution in [1.29, 1.82) is 5.41 Å². The van der Waals surface area contributed by atoms with Crippen LogP contribution in [0.2, 0.25) is 0 Å². The van der Waals surface area contributed by atoms with E-state index in [0.29, 0.717) is 29.8 Å². The van der Waals surface area contributed by atoms with Crippen molar-refractivity contribution in [3.8, 4) is 6.01 Å². The first-order valence-corrected chi connectivity index (χ1v) is 13.2. The highest BCUT2D eigenvalue weighted by atomic mass is 16.5.